The molecule has 3 aromatic carbocycles. The van der Waals surface area contributed by atoms with Crippen LogP contribution in [0.2, 0.25) is 0 Å². The first-order valence-electron chi connectivity index (χ1n) is 13.5. The van der Waals surface area contributed by atoms with Crippen molar-refractivity contribution >= 4 is 22.3 Å². The molecule has 3 heterocycles. The highest BCUT2D eigenvalue weighted by Crippen LogP contribution is 2.54. The smallest absolute Gasteiger partial charge is 0.110 e. The van der Waals surface area contributed by atoms with Crippen LogP contribution in [0, 0.1) is 5.92 Å². The van der Waals surface area contributed by atoms with E-state index in [2.05, 4.69) is 119 Å². The molecular weight excluding hydrogens is 450 g/mol. The fourth-order valence-corrected chi connectivity index (χ4v) is 6.93. The average molecular weight is 480 g/mol. The maximum absolute atomic E-state index is 5.00. The van der Waals surface area contributed by atoms with Crippen molar-refractivity contribution in [1.82, 2.24) is 4.98 Å². The molecule has 0 saturated heterocycles. The highest BCUT2D eigenvalue weighted by atomic mass is 15.3. The maximum Gasteiger partial charge on any atom is 0.110 e. The maximum atomic E-state index is 5.00. The largest absolute Gasteiger partial charge is 0.363 e. The summed E-state index contributed by atoms with van der Waals surface area (Å²) in [6.07, 6.45) is 15.3. The van der Waals surface area contributed by atoms with Crippen LogP contribution in [0.1, 0.15) is 42.4 Å². The van der Waals surface area contributed by atoms with Crippen LogP contribution in [-0.2, 0) is 0 Å². The Balaban J connectivity index is 1.17. The lowest BCUT2D eigenvalue weighted by Crippen LogP contribution is -2.42. The highest BCUT2D eigenvalue weighted by molar-refractivity contribution is 5.95. The van der Waals surface area contributed by atoms with Gasteiger partial charge in [-0.15, -0.1) is 0 Å². The molecular formula is C34H29N3. The minimum absolute atomic E-state index is 0.215. The number of aromatic nitrogens is 1. The van der Waals surface area contributed by atoms with E-state index in [-0.39, 0.29) is 6.17 Å². The SMILES string of the molecule is C1=CCC2C(=C1)N1c3c(cccc3-c3ccccc32)NC1C1C=CC(c2ccc3ccccc3n2)CC1. The number of rotatable bonds is 2. The topological polar surface area (TPSA) is 28.2 Å². The van der Waals surface area contributed by atoms with E-state index < -0.39 is 0 Å². The van der Waals surface area contributed by atoms with Crippen LogP contribution in [0.4, 0.5) is 11.4 Å². The van der Waals surface area contributed by atoms with Gasteiger partial charge < -0.3 is 10.2 Å². The quantitative estimate of drug-likeness (QED) is 0.294. The Morgan fingerprint density at radius 3 is 2.65 bits per heavy atom. The van der Waals surface area contributed by atoms with Crippen molar-refractivity contribution in [3.63, 3.8) is 0 Å². The highest BCUT2D eigenvalue weighted by Gasteiger charge is 2.42. The predicted octanol–water partition coefficient (Wildman–Crippen LogP) is 8.15. The molecule has 2 aliphatic heterocycles. The third-order valence-corrected chi connectivity index (χ3v) is 8.70. The number of hydrogen-bond donors (Lipinski definition) is 1. The van der Waals surface area contributed by atoms with Crippen LogP contribution in [0.25, 0.3) is 22.0 Å². The zero-order valence-corrected chi connectivity index (χ0v) is 20.7. The van der Waals surface area contributed by atoms with Crippen LogP contribution < -0.4 is 10.2 Å². The second kappa shape index (κ2) is 8.21. The number of nitrogens with zero attached hydrogens (tertiary/aromatic N) is 2. The van der Waals surface area contributed by atoms with Gasteiger partial charge in [-0.25, -0.2) is 0 Å². The summed E-state index contributed by atoms with van der Waals surface area (Å²) in [4.78, 5) is 7.64. The molecule has 3 heteroatoms. The van der Waals surface area contributed by atoms with Gasteiger partial charge in [0, 0.05) is 40.1 Å². The van der Waals surface area contributed by atoms with E-state index in [9.17, 15) is 0 Å². The van der Waals surface area contributed by atoms with Gasteiger partial charge >= 0.3 is 0 Å². The molecule has 3 nitrogen and oxygen atoms in total. The lowest BCUT2D eigenvalue weighted by Gasteiger charge is -2.38. The summed E-state index contributed by atoms with van der Waals surface area (Å²) in [5, 5.41) is 5.16. The van der Waals surface area contributed by atoms with Gasteiger partial charge in [-0.2, -0.15) is 0 Å². The summed E-state index contributed by atoms with van der Waals surface area (Å²) in [6.45, 7) is 0. The Morgan fingerprint density at radius 1 is 0.811 bits per heavy atom. The molecule has 1 N–H and O–H groups in total. The van der Waals surface area contributed by atoms with Crippen molar-refractivity contribution in [2.45, 2.75) is 37.3 Å². The second-order valence-electron chi connectivity index (χ2n) is 10.7. The van der Waals surface area contributed by atoms with Crippen LogP contribution in [0.3, 0.4) is 0 Å². The molecule has 180 valence electrons. The van der Waals surface area contributed by atoms with E-state index in [1.807, 2.05) is 0 Å². The minimum Gasteiger partial charge on any atom is -0.363 e. The molecule has 0 bridgehead atoms. The first-order chi connectivity index (χ1) is 18.3. The van der Waals surface area contributed by atoms with Gasteiger partial charge in [-0.05, 0) is 54.7 Å². The molecule has 37 heavy (non-hydrogen) atoms. The number of nitrogens with one attached hydrogen (secondary N) is 1. The van der Waals surface area contributed by atoms with Crippen molar-refractivity contribution in [3.8, 4) is 11.1 Å². The number of hydrogen-bond acceptors (Lipinski definition) is 3. The van der Waals surface area contributed by atoms with Crippen LogP contribution >= 0.6 is 0 Å². The van der Waals surface area contributed by atoms with Crippen molar-refractivity contribution in [3.05, 3.63) is 126 Å². The Hall–Kier alpha value is -4.11. The summed E-state index contributed by atoms with van der Waals surface area (Å²) in [5.41, 5.74) is 10.4. The van der Waals surface area contributed by atoms with Crippen LogP contribution in [0.15, 0.2) is 115 Å². The lowest BCUT2D eigenvalue weighted by molar-refractivity contribution is 0.446. The van der Waals surface area contributed by atoms with Gasteiger partial charge in [-0.1, -0.05) is 85.0 Å². The first-order valence-corrected chi connectivity index (χ1v) is 13.5. The van der Waals surface area contributed by atoms with Crippen molar-refractivity contribution < 1.29 is 0 Å². The molecule has 0 saturated carbocycles. The van der Waals surface area contributed by atoms with Gasteiger partial charge in [0.25, 0.3) is 0 Å². The van der Waals surface area contributed by atoms with E-state index in [0.717, 1.165) is 24.8 Å². The third kappa shape index (κ3) is 3.23. The van der Waals surface area contributed by atoms with Crippen LogP contribution in [-0.4, -0.2) is 11.1 Å². The normalized spacial score (nSPS) is 25.1. The van der Waals surface area contributed by atoms with Crippen molar-refractivity contribution in [2.24, 2.45) is 5.92 Å². The molecule has 0 radical (unpaired) electrons. The molecule has 4 unspecified atom stereocenters. The van der Waals surface area contributed by atoms with Crippen LogP contribution in [0.5, 0.6) is 0 Å². The summed E-state index contributed by atoms with van der Waals surface area (Å²) in [7, 11) is 0. The molecule has 4 atom stereocenters. The van der Waals surface area contributed by atoms with E-state index in [1.54, 1.807) is 0 Å². The zero-order chi connectivity index (χ0) is 24.3. The fraction of sp³-hybridized carbons (Fsp3) is 0.206. The van der Waals surface area contributed by atoms with E-state index in [1.165, 1.54) is 44.8 Å². The molecule has 2 aliphatic carbocycles. The molecule has 0 amide bonds. The minimum atomic E-state index is 0.215. The summed E-state index contributed by atoms with van der Waals surface area (Å²) >= 11 is 0. The standard InChI is InChI=1S/C34H29N3/c1-5-13-29-22(8-1)20-21-30(35-29)23-16-18-24(19-17-23)34-36-31-14-7-12-28-26-10-3-2-9-25(26)27-11-4-6-15-32(27)37(34)33(28)31/h1-10,12-16,18,20-21,23-24,27,34,36H,11,17,19H2. The monoisotopic (exact) mass is 479 g/mol. The number of anilines is 2. The lowest BCUT2D eigenvalue weighted by atomic mass is 9.83. The Labute approximate surface area is 217 Å². The van der Waals surface area contributed by atoms with Gasteiger partial charge in [0.2, 0.25) is 0 Å². The van der Waals surface area contributed by atoms with E-state index in [4.69, 9.17) is 4.98 Å². The van der Waals surface area contributed by atoms with Crippen molar-refractivity contribution in [1.29, 1.82) is 0 Å². The molecule has 8 rings (SSSR count). The summed E-state index contributed by atoms with van der Waals surface area (Å²) in [5.74, 6) is 1.18. The van der Waals surface area contributed by atoms with E-state index in [0.29, 0.717) is 17.8 Å². The number of fused-ring (bicyclic) bond motifs is 6. The molecule has 0 spiro atoms. The summed E-state index contributed by atoms with van der Waals surface area (Å²) in [6, 6.07) is 28.6. The average Bonchev–Trinajstić information content (AvgIpc) is 3.31. The van der Waals surface area contributed by atoms with Gasteiger partial charge in [0.15, 0.2) is 0 Å². The second-order valence-corrected chi connectivity index (χ2v) is 10.7. The number of pyridine rings is 1. The van der Waals surface area contributed by atoms with Gasteiger partial charge in [0.05, 0.1) is 16.9 Å². The predicted molar refractivity (Wildman–Crippen MR) is 153 cm³/mol. The number of para-hydroxylation sites is 2. The molecule has 0 fully saturated rings. The Bertz CT molecular complexity index is 1630. The third-order valence-electron chi connectivity index (χ3n) is 8.70. The number of allylic oxidation sites excluding steroid dienone is 5. The first kappa shape index (κ1) is 21.0. The van der Waals surface area contributed by atoms with Gasteiger partial charge in [0.1, 0.15) is 6.17 Å². The number of benzene rings is 3. The zero-order valence-electron chi connectivity index (χ0n) is 20.7. The van der Waals surface area contributed by atoms with Gasteiger partial charge in [-0.3, -0.25) is 4.98 Å². The van der Waals surface area contributed by atoms with E-state index >= 15 is 0 Å². The Kier molecular flexibility index (Phi) is 4.66. The fourth-order valence-electron chi connectivity index (χ4n) is 6.93. The van der Waals surface area contributed by atoms with Crippen molar-refractivity contribution in [2.75, 3.05) is 10.2 Å². The molecule has 4 aliphatic rings. The summed E-state index contributed by atoms with van der Waals surface area (Å²) < 4.78 is 0. The molecule has 4 aromatic rings. The Morgan fingerprint density at radius 2 is 1.70 bits per heavy atom. The molecule has 1 aromatic heterocycles.